The first-order chi connectivity index (χ1) is 15.5. The van der Waals surface area contributed by atoms with Crippen LogP contribution in [-0.4, -0.2) is 40.6 Å². The maximum Gasteiger partial charge on any atom is 0.278 e. The molecular weight excluding hydrogens is 450 g/mol. The Kier molecular flexibility index (Phi) is 4.96. The molecule has 0 bridgehead atoms. The highest BCUT2D eigenvalue weighted by Crippen LogP contribution is 2.38. The molecule has 2 aliphatic rings. The average molecular weight is 464 g/mol. The number of nitriles is 1. The number of hydrogen-bond donors (Lipinski definition) is 0. The van der Waals surface area contributed by atoms with Crippen molar-refractivity contribution in [1.29, 1.82) is 5.26 Å². The van der Waals surface area contributed by atoms with Crippen molar-refractivity contribution in [2.24, 2.45) is 10.2 Å². The lowest BCUT2D eigenvalue weighted by molar-refractivity contribution is 0.355. The molecule has 2 aliphatic heterocycles. The number of aromatic nitrogens is 2. The van der Waals surface area contributed by atoms with Crippen LogP contribution in [0.2, 0.25) is 5.02 Å². The van der Waals surface area contributed by atoms with Gasteiger partial charge in [-0.2, -0.15) is 10.4 Å². The van der Waals surface area contributed by atoms with E-state index in [-0.39, 0.29) is 16.5 Å². The summed E-state index contributed by atoms with van der Waals surface area (Å²) in [6, 6.07) is 14.4. The highest BCUT2D eigenvalue weighted by Gasteiger charge is 2.40. The fourth-order valence-electron chi connectivity index (χ4n) is 3.61. The van der Waals surface area contributed by atoms with Crippen LogP contribution in [0.1, 0.15) is 11.1 Å². The molecule has 5 rings (SSSR count). The number of halogens is 1. The predicted molar refractivity (Wildman–Crippen MR) is 122 cm³/mol. The number of hydrogen-bond acceptors (Lipinski definition) is 8. The first-order valence-corrected chi connectivity index (χ1v) is 10.7. The Morgan fingerprint density at radius 2 is 1.78 bits per heavy atom. The molecule has 2 aromatic carbocycles. The van der Waals surface area contributed by atoms with Crippen molar-refractivity contribution in [2.75, 3.05) is 14.2 Å². The number of benzene rings is 2. The van der Waals surface area contributed by atoms with Crippen molar-refractivity contribution in [3.05, 3.63) is 69.0 Å². The zero-order valence-corrected chi connectivity index (χ0v) is 18.4. The van der Waals surface area contributed by atoms with Gasteiger partial charge in [0.1, 0.15) is 16.9 Å². The van der Waals surface area contributed by atoms with E-state index in [0.29, 0.717) is 38.8 Å². The van der Waals surface area contributed by atoms with E-state index in [9.17, 15) is 10.1 Å². The second-order valence-electron chi connectivity index (χ2n) is 6.89. The molecule has 0 unspecified atom stereocenters. The Balaban J connectivity index is 1.60. The first kappa shape index (κ1) is 20.3. The molecule has 158 valence electrons. The van der Waals surface area contributed by atoms with Crippen molar-refractivity contribution in [3.63, 3.8) is 0 Å². The Morgan fingerprint density at radius 3 is 2.47 bits per heavy atom. The minimum atomic E-state index is -0.483. The number of thioether (sulfide) groups is 1. The van der Waals surface area contributed by atoms with Gasteiger partial charge in [-0.3, -0.25) is 4.79 Å². The summed E-state index contributed by atoms with van der Waals surface area (Å²) in [5.74, 6) is 1.46. The van der Waals surface area contributed by atoms with E-state index in [1.54, 1.807) is 30.3 Å². The maximum absolute atomic E-state index is 13.3. The molecule has 0 radical (unpaired) electrons. The van der Waals surface area contributed by atoms with Crippen LogP contribution in [0, 0.1) is 11.3 Å². The highest BCUT2D eigenvalue weighted by atomic mass is 35.5. The number of fused-ring (bicyclic) bond motifs is 3. The van der Waals surface area contributed by atoms with E-state index < -0.39 is 5.56 Å². The average Bonchev–Trinajstić information content (AvgIpc) is 3.38. The molecule has 0 aliphatic carbocycles. The third-order valence-electron chi connectivity index (χ3n) is 5.16. The van der Waals surface area contributed by atoms with Crippen molar-refractivity contribution < 1.29 is 9.47 Å². The Bertz CT molecular complexity index is 1420. The molecule has 0 saturated heterocycles. The fraction of sp³-hybridized carbons (Fsp3) is 0.136. The van der Waals surface area contributed by atoms with Crippen molar-refractivity contribution in [1.82, 2.24) is 9.55 Å². The molecule has 0 saturated carbocycles. The van der Waals surface area contributed by atoms with Gasteiger partial charge in [-0.25, -0.2) is 9.55 Å². The van der Waals surface area contributed by atoms with E-state index in [4.69, 9.17) is 21.1 Å². The molecule has 0 N–H and O–H groups in total. The van der Waals surface area contributed by atoms with Crippen LogP contribution >= 0.6 is 23.4 Å². The lowest BCUT2D eigenvalue weighted by Gasteiger charge is -2.11. The smallest absolute Gasteiger partial charge is 0.278 e. The molecule has 0 amide bonds. The molecule has 32 heavy (non-hydrogen) atoms. The summed E-state index contributed by atoms with van der Waals surface area (Å²) in [6.45, 7) is 0. The summed E-state index contributed by atoms with van der Waals surface area (Å²) < 4.78 is 12.0. The number of rotatable bonds is 4. The molecule has 0 spiro atoms. The van der Waals surface area contributed by atoms with Gasteiger partial charge < -0.3 is 9.47 Å². The lowest BCUT2D eigenvalue weighted by atomic mass is 10.1. The van der Waals surface area contributed by atoms with E-state index >= 15 is 0 Å². The quantitative estimate of drug-likeness (QED) is 0.548. The van der Waals surface area contributed by atoms with Gasteiger partial charge in [0, 0.05) is 10.6 Å². The molecule has 3 heterocycles. The predicted octanol–water partition coefficient (Wildman–Crippen LogP) is 3.59. The maximum atomic E-state index is 13.3. The topological polar surface area (TPSA) is 102 Å². The van der Waals surface area contributed by atoms with Crippen molar-refractivity contribution in [2.45, 2.75) is 10.4 Å². The van der Waals surface area contributed by atoms with Gasteiger partial charge in [0.15, 0.2) is 22.5 Å². The van der Waals surface area contributed by atoms with E-state index in [1.807, 2.05) is 18.2 Å². The third-order valence-corrected chi connectivity index (χ3v) is 6.56. The van der Waals surface area contributed by atoms with Gasteiger partial charge >= 0.3 is 0 Å². The van der Waals surface area contributed by atoms with Gasteiger partial charge in [0.25, 0.3) is 5.56 Å². The van der Waals surface area contributed by atoms with E-state index in [0.717, 1.165) is 5.56 Å². The summed E-state index contributed by atoms with van der Waals surface area (Å²) >= 11 is 7.36. The second kappa shape index (κ2) is 7.82. The SMILES string of the molecule is COc1ccc(-c2nc3n(c(=O)c2C#N)C2=NN=C(c4ccc(Cl)cc4)[C@@H]2S3)cc1OC. The molecule has 1 atom stereocenters. The Labute approximate surface area is 191 Å². The van der Waals surface area contributed by atoms with Crippen LogP contribution in [0.15, 0.2) is 62.6 Å². The third kappa shape index (κ3) is 3.07. The largest absolute Gasteiger partial charge is 0.493 e. The second-order valence-corrected chi connectivity index (χ2v) is 8.40. The summed E-state index contributed by atoms with van der Waals surface area (Å²) in [7, 11) is 3.05. The summed E-state index contributed by atoms with van der Waals surface area (Å²) in [5.41, 5.74) is 1.85. The Morgan fingerprint density at radius 1 is 1.06 bits per heavy atom. The van der Waals surface area contributed by atoms with Gasteiger partial charge in [-0.1, -0.05) is 35.5 Å². The van der Waals surface area contributed by atoms with Crippen molar-refractivity contribution >= 4 is 34.9 Å². The molecular formula is C22H14ClN5O3S. The zero-order valence-electron chi connectivity index (χ0n) is 16.9. The minimum absolute atomic E-state index is 0.0788. The van der Waals surface area contributed by atoms with Gasteiger partial charge in [0.2, 0.25) is 0 Å². The van der Waals surface area contributed by atoms with Crippen LogP contribution in [0.3, 0.4) is 0 Å². The van der Waals surface area contributed by atoms with Gasteiger partial charge in [-0.15, -0.1) is 5.10 Å². The zero-order chi connectivity index (χ0) is 22.4. The van der Waals surface area contributed by atoms with Crippen LogP contribution < -0.4 is 15.0 Å². The van der Waals surface area contributed by atoms with Crippen molar-refractivity contribution in [3.8, 4) is 28.8 Å². The lowest BCUT2D eigenvalue weighted by Crippen LogP contribution is -2.33. The standard InChI is InChI=1S/C22H14ClN5O3S/c1-30-15-8-5-12(9-16(15)31-2)17-14(10-24)21(29)28-20-19(32-22(28)25-17)18(26-27-20)11-3-6-13(23)7-4-11/h3-9,19H,1-2H3/t19-/m0/s1. The van der Waals surface area contributed by atoms with Gasteiger partial charge in [0.05, 0.1) is 25.6 Å². The summed E-state index contributed by atoms with van der Waals surface area (Å²) in [6.07, 6.45) is 0. The van der Waals surface area contributed by atoms with E-state index in [2.05, 4.69) is 15.2 Å². The number of methoxy groups -OCH3 is 2. The van der Waals surface area contributed by atoms with Crippen LogP contribution in [0.25, 0.3) is 11.3 Å². The summed E-state index contributed by atoms with van der Waals surface area (Å²) in [4.78, 5) is 17.9. The monoisotopic (exact) mass is 463 g/mol. The first-order valence-electron chi connectivity index (χ1n) is 9.43. The molecule has 3 aromatic rings. The molecule has 10 heteroatoms. The Hall–Kier alpha value is -3.61. The molecule has 8 nitrogen and oxygen atoms in total. The fourth-order valence-corrected chi connectivity index (χ4v) is 4.93. The number of nitrogens with zero attached hydrogens (tertiary/aromatic N) is 5. The number of ether oxygens (including phenoxy) is 2. The van der Waals surface area contributed by atoms with Crippen LogP contribution in [0.4, 0.5) is 0 Å². The minimum Gasteiger partial charge on any atom is -0.493 e. The highest BCUT2D eigenvalue weighted by molar-refractivity contribution is 8.01. The molecule has 1 aromatic heterocycles. The van der Waals surface area contributed by atoms with Crippen LogP contribution in [-0.2, 0) is 0 Å². The van der Waals surface area contributed by atoms with E-state index in [1.165, 1.54) is 30.5 Å². The summed E-state index contributed by atoms with van der Waals surface area (Å²) in [5, 5.41) is 19.0. The van der Waals surface area contributed by atoms with Gasteiger partial charge in [-0.05, 0) is 35.9 Å². The normalized spacial score (nSPS) is 16.0. The van der Waals surface area contributed by atoms with Crippen LogP contribution in [0.5, 0.6) is 11.5 Å². The molecule has 0 fully saturated rings.